The summed E-state index contributed by atoms with van der Waals surface area (Å²) in [5.41, 5.74) is 2.24. The van der Waals surface area contributed by atoms with Crippen LogP contribution in [0.3, 0.4) is 0 Å². The lowest BCUT2D eigenvalue weighted by Crippen LogP contribution is -2.30. The molecule has 0 aliphatic carbocycles. The third-order valence-corrected chi connectivity index (χ3v) is 3.65. The Labute approximate surface area is 119 Å². The van der Waals surface area contributed by atoms with Crippen molar-refractivity contribution < 1.29 is 14.3 Å². The monoisotopic (exact) mass is 279 g/mol. The van der Waals surface area contributed by atoms with Crippen LogP contribution in [0.4, 0.5) is 5.69 Å². The Kier molecular flexibility index (Phi) is 4.57. The Morgan fingerprint density at radius 1 is 1.35 bits per heavy atom. The molecule has 0 aromatic carbocycles. The molecule has 110 valence electrons. The van der Waals surface area contributed by atoms with Gasteiger partial charge in [-0.05, 0) is 13.0 Å². The molecule has 1 aliphatic heterocycles. The van der Waals surface area contributed by atoms with Gasteiger partial charge < -0.3 is 19.7 Å². The average Bonchev–Trinajstić information content (AvgIpc) is 2.89. The van der Waals surface area contributed by atoms with Crippen LogP contribution in [-0.4, -0.2) is 62.4 Å². The predicted octanol–water partition coefficient (Wildman–Crippen LogP) is 0.918. The highest BCUT2D eigenvalue weighted by Gasteiger charge is 2.36. The van der Waals surface area contributed by atoms with Crippen LogP contribution < -0.4 is 5.32 Å². The van der Waals surface area contributed by atoms with Crippen LogP contribution in [0.25, 0.3) is 0 Å². The Morgan fingerprint density at radius 3 is 2.45 bits per heavy atom. The van der Waals surface area contributed by atoms with E-state index in [0.717, 1.165) is 11.4 Å². The number of carbonyl (C=O) groups is 1. The average molecular weight is 279 g/mol. The molecule has 1 N–H and O–H groups in total. The molecule has 0 bridgehead atoms. The lowest BCUT2D eigenvalue weighted by atomic mass is 10.2. The first-order valence-corrected chi connectivity index (χ1v) is 6.60. The fraction of sp³-hybridized carbons (Fsp3) is 0.571. The predicted molar refractivity (Wildman–Crippen MR) is 76.0 cm³/mol. The van der Waals surface area contributed by atoms with Gasteiger partial charge in [-0.25, -0.2) is 0 Å². The highest BCUT2D eigenvalue weighted by Crippen LogP contribution is 2.22. The van der Waals surface area contributed by atoms with E-state index in [1.165, 1.54) is 0 Å². The molecule has 2 rings (SSSR count). The van der Waals surface area contributed by atoms with Gasteiger partial charge >= 0.3 is 0 Å². The van der Waals surface area contributed by atoms with Crippen LogP contribution in [-0.2, 0) is 9.47 Å². The summed E-state index contributed by atoms with van der Waals surface area (Å²) in [6.45, 7) is 2.96. The molecule has 6 nitrogen and oxygen atoms in total. The lowest BCUT2D eigenvalue weighted by molar-refractivity contribution is -0.00461. The molecule has 2 atom stereocenters. The molecule has 1 saturated heterocycles. The van der Waals surface area contributed by atoms with Crippen molar-refractivity contribution in [2.75, 3.05) is 39.7 Å². The first-order chi connectivity index (χ1) is 9.60. The summed E-state index contributed by atoms with van der Waals surface area (Å²) in [6, 6.07) is 1.87. The number of anilines is 1. The number of aromatic nitrogens is 1. The van der Waals surface area contributed by atoms with Crippen molar-refractivity contribution in [3.05, 3.63) is 23.5 Å². The van der Waals surface area contributed by atoms with E-state index in [9.17, 15) is 4.79 Å². The lowest BCUT2D eigenvalue weighted by Gasteiger charge is -2.18. The number of hydrogen-bond donors (Lipinski definition) is 1. The van der Waals surface area contributed by atoms with Crippen LogP contribution in [0.2, 0.25) is 0 Å². The number of nitrogens with zero attached hydrogens (tertiary/aromatic N) is 2. The molecular weight excluding hydrogens is 258 g/mol. The standard InChI is InChI=1S/C14H21N3O3/c1-9-5-11(15-2)10(6-16-9)14(18)17-7-12(19-3)13(8-17)20-4/h5-6,12-13H,7-8H2,1-4H3,(H,15,16). The van der Waals surface area contributed by atoms with Crippen molar-refractivity contribution >= 4 is 11.6 Å². The van der Waals surface area contributed by atoms with Crippen molar-refractivity contribution in [1.29, 1.82) is 0 Å². The minimum absolute atomic E-state index is 0.0524. The van der Waals surface area contributed by atoms with Gasteiger partial charge in [0, 0.05) is 46.2 Å². The van der Waals surface area contributed by atoms with Crippen LogP contribution in [0, 0.1) is 6.92 Å². The van der Waals surface area contributed by atoms with E-state index < -0.39 is 0 Å². The molecule has 1 aromatic rings. The fourth-order valence-electron chi connectivity index (χ4n) is 2.47. The zero-order valence-corrected chi connectivity index (χ0v) is 12.3. The SMILES string of the molecule is CNc1cc(C)ncc1C(=O)N1CC(OC)C(OC)C1. The van der Waals surface area contributed by atoms with Gasteiger partial charge in [-0.2, -0.15) is 0 Å². The van der Waals surface area contributed by atoms with Crippen molar-refractivity contribution in [3.8, 4) is 0 Å². The summed E-state index contributed by atoms with van der Waals surface area (Å²) in [7, 11) is 5.07. The van der Waals surface area contributed by atoms with Gasteiger partial charge in [-0.1, -0.05) is 0 Å². The van der Waals surface area contributed by atoms with Gasteiger partial charge in [0.15, 0.2) is 0 Å². The molecule has 2 unspecified atom stereocenters. The van der Waals surface area contributed by atoms with Gasteiger partial charge in [0.1, 0.15) is 12.2 Å². The van der Waals surface area contributed by atoms with E-state index in [2.05, 4.69) is 10.3 Å². The smallest absolute Gasteiger partial charge is 0.257 e. The second-order valence-electron chi connectivity index (χ2n) is 4.88. The largest absolute Gasteiger partial charge is 0.387 e. The molecule has 2 heterocycles. The van der Waals surface area contributed by atoms with E-state index in [0.29, 0.717) is 18.7 Å². The number of aryl methyl sites for hydroxylation is 1. The summed E-state index contributed by atoms with van der Waals surface area (Å²) in [5.74, 6) is -0.0524. The summed E-state index contributed by atoms with van der Waals surface area (Å²) in [6.07, 6.45) is 1.45. The topological polar surface area (TPSA) is 63.7 Å². The van der Waals surface area contributed by atoms with Crippen LogP contribution >= 0.6 is 0 Å². The number of rotatable bonds is 4. The van der Waals surface area contributed by atoms with Gasteiger partial charge in [-0.3, -0.25) is 9.78 Å². The highest BCUT2D eigenvalue weighted by molar-refractivity contribution is 5.99. The second-order valence-corrected chi connectivity index (χ2v) is 4.88. The normalized spacial score (nSPS) is 22.1. The first-order valence-electron chi connectivity index (χ1n) is 6.60. The molecular formula is C14H21N3O3. The fourth-order valence-corrected chi connectivity index (χ4v) is 2.47. The Balaban J connectivity index is 2.20. The summed E-state index contributed by atoms with van der Waals surface area (Å²) in [5, 5.41) is 3.04. The molecule has 1 fully saturated rings. The third kappa shape index (κ3) is 2.76. The molecule has 1 amide bonds. The minimum Gasteiger partial charge on any atom is -0.387 e. The number of methoxy groups -OCH3 is 2. The minimum atomic E-state index is -0.0830. The maximum atomic E-state index is 12.6. The summed E-state index contributed by atoms with van der Waals surface area (Å²) in [4.78, 5) is 18.5. The second kappa shape index (κ2) is 6.19. The quantitative estimate of drug-likeness (QED) is 0.888. The van der Waals surface area contributed by atoms with Gasteiger partial charge in [0.05, 0.1) is 11.3 Å². The maximum absolute atomic E-state index is 12.6. The molecule has 20 heavy (non-hydrogen) atoms. The van der Waals surface area contributed by atoms with Crippen molar-refractivity contribution in [2.45, 2.75) is 19.1 Å². The van der Waals surface area contributed by atoms with E-state index in [1.54, 1.807) is 32.4 Å². The van der Waals surface area contributed by atoms with Crippen molar-refractivity contribution in [1.82, 2.24) is 9.88 Å². The maximum Gasteiger partial charge on any atom is 0.257 e. The van der Waals surface area contributed by atoms with E-state index in [4.69, 9.17) is 9.47 Å². The molecule has 1 aliphatic rings. The number of pyridine rings is 1. The number of likely N-dealkylation sites (tertiary alicyclic amines) is 1. The van der Waals surface area contributed by atoms with Gasteiger partial charge in [-0.15, -0.1) is 0 Å². The zero-order chi connectivity index (χ0) is 14.7. The molecule has 0 spiro atoms. The molecule has 0 radical (unpaired) electrons. The van der Waals surface area contributed by atoms with Crippen LogP contribution in [0.1, 0.15) is 16.1 Å². The number of amides is 1. The number of hydrogen-bond acceptors (Lipinski definition) is 5. The summed E-state index contributed by atoms with van der Waals surface area (Å²) >= 11 is 0. The van der Waals surface area contributed by atoms with Crippen LogP contribution in [0.15, 0.2) is 12.3 Å². The van der Waals surface area contributed by atoms with Gasteiger partial charge in [0.25, 0.3) is 5.91 Å². The van der Waals surface area contributed by atoms with Gasteiger partial charge in [0.2, 0.25) is 0 Å². The third-order valence-electron chi connectivity index (χ3n) is 3.65. The van der Waals surface area contributed by atoms with Crippen LogP contribution in [0.5, 0.6) is 0 Å². The van der Waals surface area contributed by atoms with Crippen molar-refractivity contribution in [3.63, 3.8) is 0 Å². The number of nitrogens with one attached hydrogen (secondary N) is 1. The first kappa shape index (κ1) is 14.7. The van der Waals surface area contributed by atoms with E-state index >= 15 is 0 Å². The van der Waals surface area contributed by atoms with E-state index in [1.807, 2.05) is 13.0 Å². The number of carbonyl (C=O) groups excluding carboxylic acids is 1. The molecule has 1 aromatic heterocycles. The summed E-state index contributed by atoms with van der Waals surface area (Å²) < 4.78 is 10.7. The molecule has 6 heteroatoms. The van der Waals surface area contributed by atoms with E-state index in [-0.39, 0.29) is 18.1 Å². The van der Waals surface area contributed by atoms with Crippen molar-refractivity contribution in [2.24, 2.45) is 0 Å². The highest BCUT2D eigenvalue weighted by atomic mass is 16.5. The Morgan fingerprint density at radius 2 is 1.95 bits per heavy atom. The molecule has 0 saturated carbocycles. The zero-order valence-electron chi connectivity index (χ0n) is 12.3. The number of ether oxygens (including phenoxy) is 2. The Hall–Kier alpha value is -1.66. The Bertz CT molecular complexity index is 481.